The molecular formula is C43H44N6O7. The van der Waals surface area contributed by atoms with Gasteiger partial charge in [-0.1, -0.05) is 38.1 Å². The quantitative estimate of drug-likeness (QED) is 0.0728. The molecule has 0 aliphatic heterocycles. The number of benzene rings is 3. The highest BCUT2D eigenvalue weighted by Crippen LogP contribution is 2.33. The summed E-state index contributed by atoms with van der Waals surface area (Å²) >= 11 is 0. The molecular weight excluding hydrogens is 713 g/mol. The molecule has 2 heterocycles. The van der Waals surface area contributed by atoms with Crippen molar-refractivity contribution in [1.29, 1.82) is 10.5 Å². The Morgan fingerprint density at radius 2 is 1.57 bits per heavy atom. The lowest BCUT2D eigenvalue weighted by Crippen LogP contribution is -2.41. The lowest BCUT2D eigenvalue weighted by molar-refractivity contribution is 0.0938. The van der Waals surface area contributed by atoms with Gasteiger partial charge in [0.1, 0.15) is 28.5 Å². The van der Waals surface area contributed by atoms with E-state index in [2.05, 4.69) is 34.0 Å². The molecule has 0 saturated heterocycles. The second kappa shape index (κ2) is 20.1. The first kappa shape index (κ1) is 40.5. The predicted molar refractivity (Wildman–Crippen MR) is 212 cm³/mol. The molecule has 0 aliphatic carbocycles. The molecule has 5 rings (SSSR count). The minimum absolute atomic E-state index is 0.0119. The number of aromatic nitrogens is 1. The van der Waals surface area contributed by atoms with E-state index in [1.54, 1.807) is 18.2 Å². The fourth-order valence-electron chi connectivity index (χ4n) is 5.76. The van der Waals surface area contributed by atoms with Crippen molar-refractivity contribution in [3.63, 3.8) is 0 Å². The molecule has 13 heteroatoms. The number of fused-ring (bicyclic) bond motifs is 1. The number of anilines is 1. The SMILES string of the molecule is CCCOc1ccc(CN(Cc2ccc(OCCC)cc2)c2cc(OC)c3cc(C=NC(C#N)C(C#N)NC(=O)c4cc(CCO)ccn4)c(=O)oc3c2)cc1. The van der Waals surface area contributed by atoms with E-state index in [0.717, 1.165) is 47.4 Å². The van der Waals surface area contributed by atoms with Crippen LogP contribution in [-0.4, -0.2) is 61.2 Å². The normalized spacial score (nSPS) is 12.0. The third-order valence-electron chi connectivity index (χ3n) is 8.66. The summed E-state index contributed by atoms with van der Waals surface area (Å²) in [5.74, 6) is 1.33. The minimum atomic E-state index is -1.36. The molecule has 2 unspecified atom stereocenters. The van der Waals surface area contributed by atoms with Crippen LogP contribution in [0.4, 0.5) is 5.69 Å². The maximum Gasteiger partial charge on any atom is 0.345 e. The van der Waals surface area contributed by atoms with Gasteiger partial charge in [0.25, 0.3) is 5.91 Å². The monoisotopic (exact) mass is 756 g/mol. The van der Waals surface area contributed by atoms with Crippen LogP contribution in [0.25, 0.3) is 11.0 Å². The first-order valence-corrected chi connectivity index (χ1v) is 18.3. The van der Waals surface area contributed by atoms with Gasteiger partial charge in [0.2, 0.25) is 0 Å². The first-order valence-electron chi connectivity index (χ1n) is 18.3. The van der Waals surface area contributed by atoms with Crippen LogP contribution in [0.15, 0.2) is 99.3 Å². The zero-order valence-electron chi connectivity index (χ0n) is 31.6. The standard InChI is InChI=1S/C43H44N6O7/c1-4-18-54-34-10-6-30(7-11-34)27-49(28-31-8-12-35(13-9-31)55-19-5-2)33-22-40(53-3)36-21-32(43(52)56-41(36)23-33)26-47-38(24-44)39(25-45)48-42(51)37-20-29(15-17-50)14-16-46-37/h6-14,16,20-23,26,38-39,50H,4-5,15,17-19,27-28H2,1-3H3,(H,48,51). The molecule has 2 aromatic heterocycles. The Hall–Kier alpha value is -6.70. The molecule has 2 atom stereocenters. The molecule has 0 spiro atoms. The van der Waals surface area contributed by atoms with E-state index in [-0.39, 0.29) is 23.4 Å². The van der Waals surface area contributed by atoms with Gasteiger partial charge in [-0.25, -0.2) is 4.79 Å². The van der Waals surface area contributed by atoms with Crippen molar-refractivity contribution in [3.05, 3.63) is 123 Å². The fourth-order valence-corrected chi connectivity index (χ4v) is 5.76. The number of aliphatic hydroxyl groups excluding tert-OH is 1. The van der Waals surface area contributed by atoms with Crippen molar-refractivity contribution in [2.45, 2.75) is 58.3 Å². The summed E-state index contributed by atoms with van der Waals surface area (Å²) in [5.41, 5.74) is 3.07. The number of amides is 1. The van der Waals surface area contributed by atoms with Crippen LogP contribution >= 0.6 is 0 Å². The molecule has 0 fully saturated rings. The Labute approximate surface area is 325 Å². The maximum atomic E-state index is 13.3. The van der Waals surface area contributed by atoms with E-state index >= 15 is 0 Å². The average molecular weight is 757 g/mol. The zero-order chi connectivity index (χ0) is 39.9. The molecule has 1 amide bonds. The molecule has 56 heavy (non-hydrogen) atoms. The van der Waals surface area contributed by atoms with Crippen molar-refractivity contribution in [2.75, 3.05) is 31.8 Å². The van der Waals surface area contributed by atoms with Gasteiger partial charge >= 0.3 is 5.63 Å². The van der Waals surface area contributed by atoms with Crippen LogP contribution in [-0.2, 0) is 19.5 Å². The van der Waals surface area contributed by atoms with E-state index < -0.39 is 23.6 Å². The van der Waals surface area contributed by atoms with Gasteiger partial charge in [0.15, 0.2) is 12.1 Å². The maximum absolute atomic E-state index is 13.3. The smallest absolute Gasteiger partial charge is 0.345 e. The molecule has 2 N–H and O–H groups in total. The van der Waals surface area contributed by atoms with Crippen molar-refractivity contribution < 1.29 is 28.5 Å². The number of methoxy groups -OCH3 is 1. The Balaban J connectivity index is 1.42. The fraction of sp³-hybridized carbons (Fsp3) is 0.302. The van der Waals surface area contributed by atoms with E-state index in [1.165, 1.54) is 19.4 Å². The first-order chi connectivity index (χ1) is 27.3. The van der Waals surface area contributed by atoms with E-state index in [9.17, 15) is 25.2 Å². The predicted octanol–water partition coefficient (Wildman–Crippen LogP) is 6.15. The minimum Gasteiger partial charge on any atom is -0.496 e. The number of ether oxygens (including phenoxy) is 3. The van der Waals surface area contributed by atoms with Crippen molar-refractivity contribution in [2.24, 2.45) is 4.99 Å². The third-order valence-corrected chi connectivity index (χ3v) is 8.66. The lowest BCUT2D eigenvalue weighted by atomic mass is 10.1. The number of hydrogen-bond donors (Lipinski definition) is 2. The number of aliphatic hydroxyl groups is 1. The Morgan fingerprint density at radius 3 is 2.12 bits per heavy atom. The van der Waals surface area contributed by atoms with E-state index in [4.69, 9.17) is 18.6 Å². The number of pyridine rings is 1. The molecule has 0 radical (unpaired) electrons. The summed E-state index contributed by atoms with van der Waals surface area (Å²) in [5, 5.41) is 31.9. The second-order valence-corrected chi connectivity index (χ2v) is 12.8. The molecule has 13 nitrogen and oxygen atoms in total. The molecule has 0 aliphatic rings. The van der Waals surface area contributed by atoms with Crippen LogP contribution in [0.5, 0.6) is 17.2 Å². The topological polar surface area (TPSA) is 183 Å². The van der Waals surface area contributed by atoms with Gasteiger partial charge in [0, 0.05) is 49.9 Å². The number of nitrogens with zero attached hydrogens (tertiary/aromatic N) is 5. The van der Waals surface area contributed by atoms with E-state index in [0.29, 0.717) is 49.4 Å². The van der Waals surface area contributed by atoms with Crippen molar-refractivity contribution in [3.8, 4) is 29.4 Å². The number of hydrogen-bond acceptors (Lipinski definition) is 12. The largest absolute Gasteiger partial charge is 0.496 e. The van der Waals surface area contributed by atoms with Gasteiger partial charge in [0.05, 0.1) is 43.4 Å². The highest BCUT2D eigenvalue weighted by atomic mass is 16.5. The Bertz CT molecular complexity index is 2210. The van der Waals surface area contributed by atoms with Crippen LogP contribution < -0.4 is 30.1 Å². The van der Waals surface area contributed by atoms with Crippen LogP contribution in [0, 0.1) is 22.7 Å². The van der Waals surface area contributed by atoms with Gasteiger partial charge in [-0.2, -0.15) is 10.5 Å². The van der Waals surface area contributed by atoms with Gasteiger partial charge in [-0.05, 0) is 78.4 Å². The summed E-state index contributed by atoms with van der Waals surface area (Å²) in [6, 6.07) is 25.3. The summed E-state index contributed by atoms with van der Waals surface area (Å²) in [7, 11) is 1.52. The van der Waals surface area contributed by atoms with Crippen LogP contribution in [0.1, 0.15) is 59.4 Å². The molecule has 5 aromatic rings. The number of rotatable bonds is 19. The number of carbonyl (C=O) groups excluding carboxylic acids is 1. The molecule has 3 aromatic carbocycles. The van der Waals surface area contributed by atoms with Crippen LogP contribution in [0.3, 0.4) is 0 Å². The Kier molecular flexibility index (Phi) is 14.5. The summed E-state index contributed by atoms with van der Waals surface area (Å²) in [6.45, 7) is 6.31. The summed E-state index contributed by atoms with van der Waals surface area (Å²) in [4.78, 5) is 36.5. The molecule has 0 bridgehead atoms. The summed E-state index contributed by atoms with van der Waals surface area (Å²) < 4.78 is 23.2. The molecule has 0 saturated carbocycles. The third kappa shape index (κ3) is 10.7. The second-order valence-electron chi connectivity index (χ2n) is 12.8. The number of carbonyl (C=O) groups is 1. The zero-order valence-corrected chi connectivity index (χ0v) is 31.6. The van der Waals surface area contributed by atoms with Crippen LogP contribution in [0.2, 0.25) is 0 Å². The van der Waals surface area contributed by atoms with Gasteiger partial charge in [-0.3, -0.25) is 14.8 Å². The molecule has 288 valence electrons. The average Bonchev–Trinajstić information content (AvgIpc) is 3.22. The highest BCUT2D eigenvalue weighted by molar-refractivity contribution is 5.93. The van der Waals surface area contributed by atoms with Crippen molar-refractivity contribution >= 4 is 28.8 Å². The van der Waals surface area contributed by atoms with Gasteiger partial charge in [-0.15, -0.1) is 0 Å². The number of aliphatic imine (C=N–C) groups is 1. The number of nitriles is 2. The van der Waals surface area contributed by atoms with E-state index in [1.807, 2.05) is 66.7 Å². The number of nitrogens with one attached hydrogen (secondary N) is 1. The Morgan fingerprint density at radius 1 is 0.929 bits per heavy atom. The van der Waals surface area contributed by atoms with Crippen molar-refractivity contribution in [1.82, 2.24) is 10.3 Å². The summed E-state index contributed by atoms with van der Waals surface area (Å²) in [6.07, 6.45) is 4.71. The highest BCUT2D eigenvalue weighted by Gasteiger charge is 2.24. The lowest BCUT2D eigenvalue weighted by Gasteiger charge is -2.26. The van der Waals surface area contributed by atoms with Gasteiger partial charge < -0.3 is 34.0 Å².